The average molecular weight is 401 g/mol. The van der Waals surface area contributed by atoms with Crippen LogP contribution in [0.5, 0.6) is 0 Å². The second kappa shape index (κ2) is 8.92. The molecule has 0 aliphatic heterocycles. The Kier molecular flexibility index (Phi) is 6.13. The van der Waals surface area contributed by atoms with Crippen molar-refractivity contribution >= 4 is 23.1 Å². The minimum atomic E-state index is -1.30. The fourth-order valence-electron chi connectivity index (χ4n) is 2.67. The molecule has 0 N–H and O–H groups in total. The van der Waals surface area contributed by atoms with Gasteiger partial charge in [-0.25, -0.2) is 4.98 Å². The first-order valence-corrected chi connectivity index (χ1v) is 9.58. The molecule has 1 aromatic heterocycles. The summed E-state index contributed by atoms with van der Waals surface area (Å²) in [6.45, 7) is 1.76. The summed E-state index contributed by atoms with van der Waals surface area (Å²) < 4.78 is 4.99. The van der Waals surface area contributed by atoms with Crippen LogP contribution >= 0.6 is 11.3 Å². The molecule has 6 nitrogen and oxygen atoms in total. The number of rotatable bonds is 6. The molecule has 1 atom stereocenters. The van der Waals surface area contributed by atoms with Crippen molar-refractivity contribution in [1.29, 1.82) is 10.5 Å². The van der Waals surface area contributed by atoms with Gasteiger partial charge in [-0.2, -0.15) is 10.5 Å². The number of benzene rings is 2. The number of ketones is 1. The molecular formula is C22H15N3O3S. The van der Waals surface area contributed by atoms with E-state index in [2.05, 4.69) is 4.98 Å². The Morgan fingerprint density at radius 1 is 1.10 bits per heavy atom. The van der Waals surface area contributed by atoms with Crippen LogP contribution in [0.4, 0.5) is 0 Å². The molecule has 0 spiro atoms. The van der Waals surface area contributed by atoms with E-state index >= 15 is 0 Å². The molecule has 0 saturated heterocycles. The summed E-state index contributed by atoms with van der Waals surface area (Å²) in [6, 6.07) is 19.3. The maximum absolute atomic E-state index is 13.1. The van der Waals surface area contributed by atoms with Crippen molar-refractivity contribution in [2.75, 3.05) is 6.61 Å². The van der Waals surface area contributed by atoms with Crippen LogP contribution in [0.2, 0.25) is 0 Å². The van der Waals surface area contributed by atoms with Crippen molar-refractivity contribution in [3.05, 3.63) is 76.3 Å². The predicted octanol–water partition coefficient (Wildman–Crippen LogP) is 4.08. The zero-order chi connectivity index (χ0) is 20.8. The largest absolute Gasteiger partial charge is 0.465 e. The van der Waals surface area contributed by atoms with E-state index in [1.165, 1.54) is 0 Å². The Bertz CT molecular complexity index is 1120. The monoisotopic (exact) mass is 401 g/mol. The van der Waals surface area contributed by atoms with Crippen molar-refractivity contribution in [1.82, 2.24) is 4.98 Å². The van der Waals surface area contributed by atoms with E-state index in [1.54, 1.807) is 31.2 Å². The molecule has 1 heterocycles. The van der Waals surface area contributed by atoms with Crippen LogP contribution in [0.1, 0.15) is 39.3 Å². The first-order chi connectivity index (χ1) is 14.1. The number of thiazole rings is 1. The Labute approximate surface area is 171 Å². The highest BCUT2D eigenvalue weighted by atomic mass is 32.1. The van der Waals surface area contributed by atoms with Gasteiger partial charge in [-0.1, -0.05) is 30.3 Å². The smallest absolute Gasteiger partial charge is 0.329 e. The van der Waals surface area contributed by atoms with Crippen molar-refractivity contribution in [3.8, 4) is 22.7 Å². The van der Waals surface area contributed by atoms with Crippen molar-refractivity contribution in [2.24, 2.45) is 0 Å². The standard InChI is InChI=1S/C22H15N3O3S/c1-2-28-22(27)17(13-24)18-20(19(26)15-10-8-14(12-23)9-11-15)29-21(25-18)16-6-4-3-5-7-16/h3-11,17H,2H2,1H3. The number of hydrogen-bond acceptors (Lipinski definition) is 7. The third-order valence-corrected chi connectivity index (χ3v) is 5.20. The van der Waals surface area contributed by atoms with Gasteiger partial charge < -0.3 is 4.74 Å². The van der Waals surface area contributed by atoms with Gasteiger partial charge in [0.25, 0.3) is 0 Å². The highest BCUT2D eigenvalue weighted by Crippen LogP contribution is 2.34. The lowest BCUT2D eigenvalue weighted by Gasteiger charge is -2.08. The molecule has 2 aromatic carbocycles. The van der Waals surface area contributed by atoms with Gasteiger partial charge in [-0.3, -0.25) is 9.59 Å². The fourth-order valence-corrected chi connectivity index (χ4v) is 3.74. The molecule has 3 rings (SSSR count). The van der Waals surface area contributed by atoms with Gasteiger partial charge in [0.2, 0.25) is 5.78 Å². The third kappa shape index (κ3) is 4.21. The first kappa shape index (κ1) is 19.9. The van der Waals surface area contributed by atoms with Crippen LogP contribution < -0.4 is 0 Å². The molecule has 29 heavy (non-hydrogen) atoms. The van der Waals surface area contributed by atoms with E-state index in [1.807, 2.05) is 42.5 Å². The maximum Gasteiger partial charge on any atom is 0.329 e. The molecule has 1 unspecified atom stereocenters. The summed E-state index contributed by atoms with van der Waals surface area (Å²) in [7, 11) is 0. The number of carbonyl (C=O) groups excluding carboxylic acids is 2. The Hall–Kier alpha value is -3.81. The minimum Gasteiger partial charge on any atom is -0.465 e. The zero-order valence-corrected chi connectivity index (χ0v) is 16.3. The third-order valence-electron chi connectivity index (χ3n) is 4.08. The second-order valence-electron chi connectivity index (χ2n) is 5.93. The van der Waals surface area contributed by atoms with Gasteiger partial charge in [-0.15, -0.1) is 11.3 Å². The maximum atomic E-state index is 13.1. The molecule has 3 aromatic rings. The lowest BCUT2D eigenvalue weighted by molar-refractivity contribution is -0.143. The van der Waals surface area contributed by atoms with Crippen LogP contribution in [0.15, 0.2) is 54.6 Å². The topological polar surface area (TPSA) is 104 Å². The van der Waals surface area contributed by atoms with E-state index in [9.17, 15) is 14.9 Å². The number of hydrogen-bond donors (Lipinski definition) is 0. The first-order valence-electron chi connectivity index (χ1n) is 8.76. The number of aromatic nitrogens is 1. The molecule has 0 fully saturated rings. The van der Waals surface area contributed by atoms with Gasteiger partial charge in [0, 0.05) is 11.1 Å². The minimum absolute atomic E-state index is 0.0872. The highest BCUT2D eigenvalue weighted by molar-refractivity contribution is 7.17. The number of esters is 1. The van der Waals surface area contributed by atoms with E-state index in [0.717, 1.165) is 16.9 Å². The molecule has 0 radical (unpaired) electrons. The van der Waals surface area contributed by atoms with Gasteiger partial charge in [-0.05, 0) is 31.2 Å². The number of carbonyl (C=O) groups is 2. The highest BCUT2D eigenvalue weighted by Gasteiger charge is 2.31. The van der Waals surface area contributed by atoms with Crippen LogP contribution in [-0.2, 0) is 9.53 Å². The van der Waals surface area contributed by atoms with Gasteiger partial charge in [0.15, 0.2) is 5.92 Å². The zero-order valence-electron chi connectivity index (χ0n) is 15.5. The van der Waals surface area contributed by atoms with Crippen molar-refractivity contribution in [3.63, 3.8) is 0 Å². The van der Waals surface area contributed by atoms with Crippen molar-refractivity contribution in [2.45, 2.75) is 12.8 Å². The van der Waals surface area contributed by atoms with Gasteiger partial charge >= 0.3 is 5.97 Å². The summed E-state index contributed by atoms with van der Waals surface area (Å²) in [5.41, 5.74) is 1.63. The lowest BCUT2D eigenvalue weighted by Crippen LogP contribution is -2.17. The van der Waals surface area contributed by atoms with E-state index in [-0.39, 0.29) is 23.0 Å². The normalized spacial score (nSPS) is 11.1. The SMILES string of the molecule is CCOC(=O)C(C#N)c1nc(-c2ccccc2)sc1C(=O)c1ccc(C#N)cc1. The summed E-state index contributed by atoms with van der Waals surface area (Å²) in [6.07, 6.45) is 0. The molecule has 0 amide bonds. The van der Waals surface area contributed by atoms with E-state index in [4.69, 9.17) is 10.00 Å². The second-order valence-corrected chi connectivity index (χ2v) is 6.93. The van der Waals surface area contributed by atoms with E-state index in [0.29, 0.717) is 16.1 Å². The molecule has 0 aliphatic rings. The van der Waals surface area contributed by atoms with Crippen molar-refractivity contribution < 1.29 is 14.3 Å². The van der Waals surface area contributed by atoms with Crippen LogP contribution in [-0.4, -0.2) is 23.3 Å². The number of nitriles is 2. The molecule has 7 heteroatoms. The summed E-state index contributed by atoms with van der Waals surface area (Å²) in [5.74, 6) is -2.41. The van der Waals surface area contributed by atoms with Crippen LogP contribution in [0.3, 0.4) is 0 Å². The summed E-state index contributed by atoms with van der Waals surface area (Å²) >= 11 is 1.12. The van der Waals surface area contributed by atoms with Gasteiger partial charge in [0.1, 0.15) is 9.88 Å². The Balaban J connectivity index is 2.11. The summed E-state index contributed by atoms with van der Waals surface area (Å²) in [5, 5.41) is 19.0. The predicted molar refractivity (Wildman–Crippen MR) is 107 cm³/mol. The lowest BCUT2D eigenvalue weighted by atomic mass is 10.0. The van der Waals surface area contributed by atoms with Crippen LogP contribution in [0.25, 0.3) is 10.6 Å². The number of ether oxygens (including phenoxy) is 1. The molecule has 0 bridgehead atoms. The summed E-state index contributed by atoms with van der Waals surface area (Å²) in [4.78, 5) is 30.1. The quantitative estimate of drug-likeness (QED) is 0.455. The molecule has 0 saturated carbocycles. The molecular weight excluding hydrogens is 386 g/mol. The van der Waals surface area contributed by atoms with Gasteiger partial charge in [0.05, 0.1) is 30.0 Å². The number of nitrogens with zero attached hydrogens (tertiary/aromatic N) is 3. The molecule has 142 valence electrons. The van der Waals surface area contributed by atoms with Crippen LogP contribution in [0, 0.1) is 22.7 Å². The van der Waals surface area contributed by atoms with E-state index < -0.39 is 11.9 Å². The Morgan fingerprint density at radius 2 is 1.79 bits per heavy atom. The molecule has 0 aliphatic carbocycles. The fraction of sp³-hybridized carbons (Fsp3) is 0.136. The Morgan fingerprint density at radius 3 is 2.38 bits per heavy atom. The average Bonchev–Trinajstić information content (AvgIpc) is 3.19.